The molecule has 3 atom stereocenters. The second kappa shape index (κ2) is 8.33. The average Bonchev–Trinajstić information content (AvgIpc) is 2.93. The number of benzene rings is 1. The molecule has 0 aliphatic carbocycles. The normalized spacial score (nSPS) is 21.4. The van der Waals surface area contributed by atoms with Gasteiger partial charge in [0.2, 0.25) is 5.91 Å². The summed E-state index contributed by atoms with van der Waals surface area (Å²) >= 11 is 3.30. The molecule has 2 amide bonds. The molecular formula is C18H23BrF2N2O3. The Morgan fingerprint density at radius 3 is 2.69 bits per heavy atom. The predicted molar refractivity (Wildman–Crippen MR) is 97.2 cm³/mol. The van der Waals surface area contributed by atoms with E-state index in [0.29, 0.717) is 5.56 Å². The van der Waals surface area contributed by atoms with Crippen LogP contribution in [0.1, 0.15) is 38.8 Å². The van der Waals surface area contributed by atoms with Crippen LogP contribution in [0.2, 0.25) is 0 Å². The lowest BCUT2D eigenvalue weighted by molar-refractivity contribution is -0.126. The number of halogens is 3. The third kappa shape index (κ3) is 5.40. The van der Waals surface area contributed by atoms with Crippen LogP contribution in [0.15, 0.2) is 28.7 Å². The van der Waals surface area contributed by atoms with Gasteiger partial charge in [0.15, 0.2) is 0 Å². The van der Waals surface area contributed by atoms with E-state index >= 15 is 0 Å². The molecule has 0 saturated carbocycles. The Labute approximate surface area is 160 Å². The average molecular weight is 433 g/mol. The van der Waals surface area contributed by atoms with Crippen molar-refractivity contribution in [3.63, 3.8) is 0 Å². The maximum atomic E-state index is 13.9. The predicted octanol–water partition coefficient (Wildman–Crippen LogP) is 3.92. The molecule has 1 aliphatic rings. The standard InChI is InChI=1S/C18H23BrF2N2O3/c1-18(2,3)26-17(25)23-10-13(21)8-15(23)16(24)22-14(9-20)11-5-4-6-12(19)7-11/h4-7,13-15H,8-10H2,1-3H3,(H,22,24)/t13?,14-,15?/m1/s1. The summed E-state index contributed by atoms with van der Waals surface area (Å²) in [5.74, 6) is -0.598. The molecule has 1 N–H and O–H groups in total. The first-order valence-corrected chi connectivity index (χ1v) is 9.15. The zero-order valence-electron chi connectivity index (χ0n) is 15.0. The molecule has 8 heteroatoms. The van der Waals surface area contributed by atoms with Gasteiger partial charge in [0.25, 0.3) is 0 Å². The summed E-state index contributed by atoms with van der Waals surface area (Å²) in [4.78, 5) is 25.9. The van der Waals surface area contributed by atoms with E-state index < -0.39 is 42.5 Å². The SMILES string of the molecule is CC(C)(C)OC(=O)N1CC(F)CC1C(=O)N[C@H](CF)c1cccc(Br)c1. The Morgan fingerprint density at radius 1 is 1.42 bits per heavy atom. The van der Waals surface area contributed by atoms with Crippen molar-refractivity contribution in [2.45, 2.75) is 51.0 Å². The van der Waals surface area contributed by atoms with Gasteiger partial charge >= 0.3 is 6.09 Å². The van der Waals surface area contributed by atoms with Crippen molar-refractivity contribution in [2.24, 2.45) is 0 Å². The van der Waals surface area contributed by atoms with E-state index in [0.717, 1.165) is 9.37 Å². The number of carbonyl (C=O) groups is 2. The minimum absolute atomic E-state index is 0.136. The van der Waals surface area contributed by atoms with Gasteiger partial charge in [-0.3, -0.25) is 9.69 Å². The summed E-state index contributed by atoms with van der Waals surface area (Å²) in [6, 6.07) is 5.00. The summed E-state index contributed by atoms with van der Waals surface area (Å²) in [7, 11) is 0. The number of hydrogen-bond donors (Lipinski definition) is 1. The smallest absolute Gasteiger partial charge is 0.411 e. The second-order valence-corrected chi connectivity index (χ2v) is 8.17. The fourth-order valence-electron chi connectivity index (χ4n) is 2.76. The van der Waals surface area contributed by atoms with Crippen LogP contribution in [-0.4, -0.2) is 47.9 Å². The maximum Gasteiger partial charge on any atom is 0.411 e. The number of hydrogen-bond acceptors (Lipinski definition) is 3. The van der Waals surface area contributed by atoms with Gasteiger partial charge in [-0.1, -0.05) is 28.1 Å². The first kappa shape index (κ1) is 20.6. The first-order chi connectivity index (χ1) is 12.1. The summed E-state index contributed by atoms with van der Waals surface area (Å²) < 4.78 is 33.3. The summed E-state index contributed by atoms with van der Waals surface area (Å²) in [6.45, 7) is 4.03. The molecule has 26 heavy (non-hydrogen) atoms. The Hall–Kier alpha value is -1.70. The molecule has 0 bridgehead atoms. The molecule has 1 aromatic rings. The number of carbonyl (C=O) groups excluding carboxylic acids is 2. The molecule has 1 heterocycles. The zero-order valence-corrected chi connectivity index (χ0v) is 16.6. The molecule has 1 saturated heterocycles. The van der Waals surface area contributed by atoms with Crippen LogP contribution in [0.25, 0.3) is 0 Å². The van der Waals surface area contributed by atoms with Crippen molar-refractivity contribution in [3.8, 4) is 0 Å². The van der Waals surface area contributed by atoms with E-state index in [1.807, 2.05) is 0 Å². The lowest BCUT2D eigenvalue weighted by Crippen LogP contribution is -2.48. The highest BCUT2D eigenvalue weighted by Crippen LogP contribution is 2.25. The minimum atomic E-state index is -1.33. The number of alkyl halides is 2. The molecule has 1 fully saturated rings. The quantitative estimate of drug-likeness (QED) is 0.783. The monoisotopic (exact) mass is 432 g/mol. The van der Waals surface area contributed by atoms with Crippen molar-refractivity contribution in [3.05, 3.63) is 34.3 Å². The first-order valence-electron chi connectivity index (χ1n) is 8.36. The number of rotatable bonds is 4. The van der Waals surface area contributed by atoms with Gasteiger partial charge in [0.1, 0.15) is 24.5 Å². The summed E-state index contributed by atoms with van der Waals surface area (Å²) in [5.41, 5.74) is -0.182. The van der Waals surface area contributed by atoms with E-state index in [4.69, 9.17) is 4.74 Å². The molecule has 1 aliphatic heterocycles. The van der Waals surface area contributed by atoms with Crippen LogP contribution in [0, 0.1) is 0 Å². The molecule has 0 aromatic heterocycles. The van der Waals surface area contributed by atoms with E-state index in [-0.39, 0.29) is 13.0 Å². The number of nitrogens with zero attached hydrogens (tertiary/aromatic N) is 1. The van der Waals surface area contributed by atoms with Crippen molar-refractivity contribution in [1.82, 2.24) is 10.2 Å². The molecule has 144 valence electrons. The lowest BCUT2D eigenvalue weighted by atomic mass is 10.1. The summed E-state index contributed by atoms with van der Waals surface area (Å²) in [6.07, 6.45) is -2.22. The topological polar surface area (TPSA) is 58.6 Å². The molecule has 2 rings (SSSR count). The van der Waals surface area contributed by atoms with E-state index in [2.05, 4.69) is 21.2 Å². The molecule has 1 aromatic carbocycles. The maximum absolute atomic E-state index is 13.9. The molecule has 5 nitrogen and oxygen atoms in total. The van der Waals surface area contributed by atoms with E-state index in [1.165, 1.54) is 0 Å². The van der Waals surface area contributed by atoms with Crippen LogP contribution < -0.4 is 5.32 Å². The highest BCUT2D eigenvalue weighted by Gasteiger charge is 2.42. The fourth-order valence-corrected chi connectivity index (χ4v) is 3.17. The van der Waals surface area contributed by atoms with Crippen LogP contribution in [0.3, 0.4) is 0 Å². The van der Waals surface area contributed by atoms with Crippen LogP contribution in [0.5, 0.6) is 0 Å². The molecular weight excluding hydrogens is 410 g/mol. The summed E-state index contributed by atoms with van der Waals surface area (Å²) in [5, 5.41) is 2.57. The number of likely N-dealkylation sites (tertiary alicyclic amines) is 1. The largest absolute Gasteiger partial charge is 0.444 e. The molecule has 0 radical (unpaired) electrons. The Morgan fingerprint density at radius 2 is 2.12 bits per heavy atom. The second-order valence-electron chi connectivity index (χ2n) is 7.25. The van der Waals surface area contributed by atoms with Crippen LogP contribution in [-0.2, 0) is 9.53 Å². The van der Waals surface area contributed by atoms with Gasteiger partial charge in [0, 0.05) is 10.9 Å². The van der Waals surface area contributed by atoms with Gasteiger partial charge in [0.05, 0.1) is 12.6 Å². The van der Waals surface area contributed by atoms with Crippen LogP contribution in [0.4, 0.5) is 13.6 Å². The zero-order chi connectivity index (χ0) is 19.5. The van der Waals surface area contributed by atoms with Gasteiger partial charge in [-0.15, -0.1) is 0 Å². The Kier molecular flexibility index (Phi) is 6.60. The Bertz CT molecular complexity index is 666. The number of amides is 2. The lowest BCUT2D eigenvalue weighted by Gasteiger charge is -2.28. The van der Waals surface area contributed by atoms with Crippen LogP contribution >= 0.6 is 15.9 Å². The fraction of sp³-hybridized carbons (Fsp3) is 0.556. The van der Waals surface area contributed by atoms with E-state index in [1.54, 1.807) is 45.0 Å². The molecule has 2 unspecified atom stereocenters. The number of nitrogens with one attached hydrogen (secondary N) is 1. The van der Waals surface area contributed by atoms with Crippen molar-refractivity contribution >= 4 is 27.9 Å². The third-order valence-electron chi connectivity index (χ3n) is 3.90. The van der Waals surface area contributed by atoms with Gasteiger partial charge in [-0.25, -0.2) is 13.6 Å². The van der Waals surface area contributed by atoms with Gasteiger partial charge in [-0.2, -0.15) is 0 Å². The van der Waals surface area contributed by atoms with Crippen molar-refractivity contribution in [1.29, 1.82) is 0 Å². The van der Waals surface area contributed by atoms with Gasteiger partial charge in [-0.05, 0) is 38.5 Å². The number of ether oxygens (including phenoxy) is 1. The van der Waals surface area contributed by atoms with Gasteiger partial charge < -0.3 is 10.1 Å². The highest BCUT2D eigenvalue weighted by atomic mass is 79.9. The van der Waals surface area contributed by atoms with Crippen molar-refractivity contribution < 1.29 is 23.1 Å². The van der Waals surface area contributed by atoms with E-state index in [9.17, 15) is 18.4 Å². The highest BCUT2D eigenvalue weighted by molar-refractivity contribution is 9.10. The Balaban J connectivity index is 2.11. The van der Waals surface area contributed by atoms with Crippen molar-refractivity contribution in [2.75, 3.05) is 13.2 Å². The minimum Gasteiger partial charge on any atom is -0.444 e. The third-order valence-corrected chi connectivity index (χ3v) is 4.40. The molecule has 0 spiro atoms.